The van der Waals surface area contributed by atoms with E-state index in [1.54, 1.807) is 7.11 Å². The molecular weight excluding hydrogens is 318 g/mol. The molecule has 0 amide bonds. The number of hydrogen-bond donors (Lipinski definition) is 0. The van der Waals surface area contributed by atoms with Crippen molar-refractivity contribution in [3.8, 4) is 11.6 Å². The Morgan fingerprint density at radius 2 is 1.85 bits per heavy atom. The highest BCUT2D eigenvalue weighted by Crippen LogP contribution is 2.26. The first-order valence-corrected chi connectivity index (χ1v) is 7.55. The van der Waals surface area contributed by atoms with Gasteiger partial charge in [-0.15, -0.1) is 0 Å². The van der Waals surface area contributed by atoms with Gasteiger partial charge in [0.05, 0.1) is 12.8 Å². The Morgan fingerprint density at radius 3 is 2.45 bits per heavy atom. The van der Waals surface area contributed by atoms with Gasteiger partial charge < -0.3 is 9.47 Å². The summed E-state index contributed by atoms with van der Waals surface area (Å²) in [7, 11) is 1.61. The van der Waals surface area contributed by atoms with Gasteiger partial charge in [0, 0.05) is 11.4 Å². The van der Waals surface area contributed by atoms with Crippen LogP contribution in [0.1, 0.15) is 22.4 Å². The lowest BCUT2D eigenvalue weighted by Crippen LogP contribution is -2.02. The molecule has 0 aliphatic heterocycles. The van der Waals surface area contributed by atoms with Crippen LogP contribution in [0.4, 0.5) is 0 Å². The fraction of sp³-hybridized carbons (Fsp3) is 0.312. The van der Waals surface area contributed by atoms with E-state index in [-0.39, 0.29) is 0 Å². The second kappa shape index (κ2) is 6.75. The van der Waals surface area contributed by atoms with Gasteiger partial charge in [0.1, 0.15) is 12.4 Å². The van der Waals surface area contributed by atoms with Crippen LogP contribution in [0.15, 0.2) is 30.3 Å². The summed E-state index contributed by atoms with van der Waals surface area (Å²) in [5.74, 6) is 1.54. The summed E-state index contributed by atoms with van der Waals surface area (Å²) in [6.45, 7) is 4.56. The first-order valence-electron chi connectivity index (χ1n) is 6.43. The second-order valence-electron chi connectivity index (χ2n) is 4.65. The third-order valence-electron chi connectivity index (χ3n) is 3.03. The molecule has 0 unspecified atom stereocenters. The Hall–Kier alpha value is -1.55. The topological polar surface area (TPSA) is 31.4 Å². The molecule has 20 heavy (non-hydrogen) atoms. The molecule has 0 N–H and O–H groups in total. The summed E-state index contributed by atoms with van der Waals surface area (Å²) in [4.78, 5) is 4.34. The van der Waals surface area contributed by atoms with E-state index in [1.807, 2.05) is 18.2 Å². The zero-order valence-corrected chi connectivity index (χ0v) is 13.5. The number of pyridine rings is 1. The average molecular weight is 336 g/mol. The van der Waals surface area contributed by atoms with E-state index < -0.39 is 0 Å². The molecule has 0 spiro atoms. The number of methoxy groups -OCH3 is 1. The number of ether oxygens (including phenoxy) is 2. The Kier molecular flexibility index (Phi) is 5.01. The molecule has 0 radical (unpaired) electrons. The van der Waals surface area contributed by atoms with Crippen molar-refractivity contribution < 1.29 is 9.47 Å². The first kappa shape index (κ1) is 14.9. The molecule has 0 atom stereocenters. The van der Waals surface area contributed by atoms with Crippen LogP contribution in [-0.2, 0) is 11.9 Å². The molecule has 2 rings (SSSR count). The summed E-state index contributed by atoms with van der Waals surface area (Å²) >= 11 is 3.48. The van der Waals surface area contributed by atoms with Crippen LogP contribution in [-0.4, -0.2) is 12.1 Å². The van der Waals surface area contributed by atoms with Crippen molar-refractivity contribution in [2.45, 2.75) is 25.8 Å². The summed E-state index contributed by atoms with van der Waals surface area (Å²) in [6.07, 6.45) is 0. The van der Waals surface area contributed by atoms with Crippen LogP contribution >= 0.6 is 15.9 Å². The third kappa shape index (κ3) is 3.51. The van der Waals surface area contributed by atoms with E-state index in [2.05, 4.69) is 46.9 Å². The molecule has 0 fully saturated rings. The van der Waals surface area contributed by atoms with E-state index in [0.717, 1.165) is 27.9 Å². The van der Waals surface area contributed by atoms with Crippen LogP contribution < -0.4 is 9.47 Å². The van der Waals surface area contributed by atoms with Gasteiger partial charge in [-0.2, -0.15) is 0 Å². The standard InChI is InChI=1S/C16H18BrNO2/c1-11-7-13(9-17)8-12(2)16(11)20-10-14-5-4-6-15(18-14)19-3/h4-8H,9-10H2,1-3H3. The van der Waals surface area contributed by atoms with Gasteiger partial charge in [-0.3, -0.25) is 0 Å². The highest BCUT2D eigenvalue weighted by molar-refractivity contribution is 9.08. The van der Waals surface area contributed by atoms with E-state index >= 15 is 0 Å². The zero-order chi connectivity index (χ0) is 14.5. The molecule has 0 saturated carbocycles. The van der Waals surface area contributed by atoms with E-state index in [0.29, 0.717) is 12.5 Å². The van der Waals surface area contributed by atoms with Crippen LogP contribution in [0.25, 0.3) is 0 Å². The monoisotopic (exact) mass is 335 g/mol. The third-order valence-corrected chi connectivity index (χ3v) is 3.68. The molecule has 0 aliphatic rings. The van der Waals surface area contributed by atoms with E-state index in [9.17, 15) is 0 Å². The van der Waals surface area contributed by atoms with Crippen LogP contribution in [0.3, 0.4) is 0 Å². The quantitative estimate of drug-likeness (QED) is 0.768. The largest absolute Gasteiger partial charge is 0.487 e. The Morgan fingerprint density at radius 1 is 1.15 bits per heavy atom. The van der Waals surface area contributed by atoms with Gasteiger partial charge in [-0.25, -0.2) is 4.98 Å². The Labute approximate surface area is 128 Å². The van der Waals surface area contributed by atoms with Gasteiger partial charge >= 0.3 is 0 Å². The molecule has 0 saturated heterocycles. The van der Waals surface area contributed by atoms with Crippen molar-refractivity contribution in [3.05, 3.63) is 52.7 Å². The minimum Gasteiger partial charge on any atom is -0.487 e. The summed E-state index contributed by atoms with van der Waals surface area (Å²) < 4.78 is 11.0. The Balaban J connectivity index is 2.14. The fourth-order valence-electron chi connectivity index (χ4n) is 2.14. The number of aromatic nitrogens is 1. The predicted molar refractivity (Wildman–Crippen MR) is 83.7 cm³/mol. The maximum atomic E-state index is 5.92. The highest BCUT2D eigenvalue weighted by atomic mass is 79.9. The summed E-state index contributed by atoms with van der Waals surface area (Å²) in [5, 5.41) is 0.854. The smallest absolute Gasteiger partial charge is 0.213 e. The van der Waals surface area contributed by atoms with Crippen molar-refractivity contribution in [1.29, 1.82) is 0 Å². The van der Waals surface area contributed by atoms with E-state index in [4.69, 9.17) is 9.47 Å². The van der Waals surface area contributed by atoms with Crippen molar-refractivity contribution in [2.24, 2.45) is 0 Å². The molecule has 0 bridgehead atoms. The lowest BCUT2D eigenvalue weighted by Gasteiger charge is -2.13. The fourth-order valence-corrected chi connectivity index (χ4v) is 2.47. The second-order valence-corrected chi connectivity index (χ2v) is 5.21. The van der Waals surface area contributed by atoms with Crippen molar-refractivity contribution in [2.75, 3.05) is 7.11 Å². The number of nitrogens with zero attached hydrogens (tertiary/aromatic N) is 1. The first-order chi connectivity index (χ1) is 9.63. The molecule has 1 aromatic heterocycles. The number of halogens is 1. The zero-order valence-electron chi connectivity index (χ0n) is 11.9. The van der Waals surface area contributed by atoms with Gasteiger partial charge in [0.25, 0.3) is 0 Å². The number of hydrogen-bond acceptors (Lipinski definition) is 3. The maximum absolute atomic E-state index is 5.92. The van der Waals surface area contributed by atoms with Crippen LogP contribution in [0.2, 0.25) is 0 Å². The number of alkyl halides is 1. The highest BCUT2D eigenvalue weighted by Gasteiger charge is 2.07. The summed E-state index contributed by atoms with van der Waals surface area (Å²) in [5.41, 5.74) is 4.39. The minimum absolute atomic E-state index is 0.437. The lowest BCUT2D eigenvalue weighted by molar-refractivity contribution is 0.294. The number of rotatable bonds is 5. The van der Waals surface area contributed by atoms with Crippen molar-refractivity contribution in [3.63, 3.8) is 0 Å². The molecule has 4 heteroatoms. The van der Waals surface area contributed by atoms with E-state index in [1.165, 1.54) is 5.56 Å². The Bertz CT molecular complexity index is 576. The maximum Gasteiger partial charge on any atom is 0.213 e. The van der Waals surface area contributed by atoms with Crippen LogP contribution in [0.5, 0.6) is 11.6 Å². The number of benzene rings is 1. The SMILES string of the molecule is COc1cccc(COc2c(C)cc(CBr)cc2C)n1. The lowest BCUT2D eigenvalue weighted by atomic mass is 10.1. The molecule has 0 aliphatic carbocycles. The normalized spacial score (nSPS) is 10.4. The predicted octanol–water partition coefficient (Wildman–Crippen LogP) is 4.18. The molecule has 1 heterocycles. The van der Waals surface area contributed by atoms with Gasteiger partial charge in [-0.1, -0.05) is 34.1 Å². The van der Waals surface area contributed by atoms with Gasteiger partial charge in [0.2, 0.25) is 5.88 Å². The molecule has 1 aromatic carbocycles. The molecule has 3 nitrogen and oxygen atoms in total. The minimum atomic E-state index is 0.437. The van der Waals surface area contributed by atoms with Crippen molar-refractivity contribution >= 4 is 15.9 Å². The number of aryl methyl sites for hydroxylation is 2. The summed E-state index contributed by atoms with van der Waals surface area (Å²) in [6, 6.07) is 9.94. The molecular formula is C16H18BrNO2. The van der Waals surface area contributed by atoms with Crippen LogP contribution in [0, 0.1) is 13.8 Å². The van der Waals surface area contributed by atoms with Gasteiger partial charge in [0.15, 0.2) is 0 Å². The molecule has 106 valence electrons. The molecule has 2 aromatic rings. The van der Waals surface area contributed by atoms with Crippen molar-refractivity contribution in [1.82, 2.24) is 4.98 Å². The van der Waals surface area contributed by atoms with Gasteiger partial charge in [-0.05, 0) is 36.6 Å². The average Bonchev–Trinajstić information content (AvgIpc) is 2.46.